The first-order chi connectivity index (χ1) is 8.13. The number of aryl methyl sites for hydroxylation is 2. The molecule has 1 heterocycles. The van der Waals surface area contributed by atoms with Gasteiger partial charge in [0.25, 0.3) is 0 Å². The van der Waals surface area contributed by atoms with E-state index in [4.69, 9.17) is 23.2 Å². The van der Waals surface area contributed by atoms with Crippen molar-refractivity contribution < 1.29 is 0 Å². The molecule has 1 saturated carbocycles. The topological polar surface area (TPSA) is 29.9 Å². The molecule has 1 aromatic heterocycles. The molecule has 1 fully saturated rings. The van der Waals surface area contributed by atoms with Crippen LogP contribution in [0.3, 0.4) is 0 Å². The van der Waals surface area contributed by atoms with Crippen molar-refractivity contribution in [3.8, 4) is 0 Å². The lowest BCUT2D eigenvalue weighted by Gasteiger charge is -2.09. The van der Waals surface area contributed by atoms with Crippen LogP contribution in [-0.2, 0) is 20.0 Å². The lowest BCUT2D eigenvalue weighted by atomic mass is 10.2. The van der Waals surface area contributed by atoms with Crippen LogP contribution in [0.25, 0.3) is 0 Å². The van der Waals surface area contributed by atoms with Gasteiger partial charge in [-0.2, -0.15) is 5.10 Å². The van der Waals surface area contributed by atoms with Crippen molar-refractivity contribution in [3.63, 3.8) is 0 Å². The van der Waals surface area contributed by atoms with Crippen molar-refractivity contribution in [2.24, 2.45) is 13.0 Å². The van der Waals surface area contributed by atoms with Gasteiger partial charge in [-0.3, -0.25) is 4.68 Å². The van der Waals surface area contributed by atoms with E-state index in [1.54, 1.807) is 0 Å². The van der Waals surface area contributed by atoms with E-state index in [1.165, 1.54) is 12.8 Å². The molecular formula is C12H19Cl2N3. The fourth-order valence-corrected chi connectivity index (χ4v) is 2.69. The fraction of sp³-hybridized carbons (Fsp3) is 0.750. The number of nitrogens with one attached hydrogen (secondary N) is 1. The second kappa shape index (κ2) is 5.59. The van der Waals surface area contributed by atoms with Crippen molar-refractivity contribution in [2.45, 2.75) is 38.1 Å². The molecule has 1 N–H and O–H groups in total. The third-order valence-corrected chi connectivity index (χ3v) is 4.22. The summed E-state index contributed by atoms with van der Waals surface area (Å²) in [5.74, 6) is 0.720. The average molecular weight is 276 g/mol. The minimum Gasteiger partial charge on any atom is -0.310 e. The van der Waals surface area contributed by atoms with Crippen LogP contribution in [0, 0.1) is 5.92 Å². The Hall–Kier alpha value is -0.250. The summed E-state index contributed by atoms with van der Waals surface area (Å²) in [6, 6.07) is 0. The molecule has 1 unspecified atom stereocenters. The predicted octanol–water partition coefficient (Wildman–Crippen LogP) is 2.74. The van der Waals surface area contributed by atoms with Gasteiger partial charge in [0.1, 0.15) is 0 Å². The highest BCUT2D eigenvalue weighted by atomic mass is 35.5. The van der Waals surface area contributed by atoms with E-state index in [2.05, 4.69) is 17.3 Å². The molecule has 0 aliphatic heterocycles. The molecule has 5 heteroatoms. The van der Waals surface area contributed by atoms with E-state index in [0.717, 1.165) is 41.8 Å². The Bertz CT molecular complexity index is 385. The highest BCUT2D eigenvalue weighted by molar-refractivity contribution is 6.31. The van der Waals surface area contributed by atoms with Crippen LogP contribution in [0.4, 0.5) is 0 Å². The molecule has 0 spiro atoms. The minimum absolute atomic E-state index is 0.257. The number of halogens is 2. The standard InChI is InChI=1S/C12H19Cl2N3/c1-3-10-12(14)11(17(2)16-10)7-15-6-9(13)8-4-5-8/h8-9,15H,3-7H2,1-2H3. The van der Waals surface area contributed by atoms with E-state index >= 15 is 0 Å². The zero-order chi connectivity index (χ0) is 12.4. The molecule has 0 aromatic carbocycles. The van der Waals surface area contributed by atoms with E-state index in [-0.39, 0.29) is 5.38 Å². The van der Waals surface area contributed by atoms with Crippen molar-refractivity contribution in [2.75, 3.05) is 6.54 Å². The number of nitrogens with zero attached hydrogens (tertiary/aromatic N) is 2. The highest BCUT2D eigenvalue weighted by Gasteiger charge is 2.29. The first-order valence-corrected chi connectivity index (χ1v) is 7.00. The molecular weight excluding hydrogens is 257 g/mol. The largest absolute Gasteiger partial charge is 0.310 e. The normalized spacial score (nSPS) is 17.4. The van der Waals surface area contributed by atoms with Crippen molar-refractivity contribution in [1.29, 1.82) is 0 Å². The van der Waals surface area contributed by atoms with Gasteiger partial charge in [-0.1, -0.05) is 18.5 Å². The molecule has 0 bridgehead atoms. The third-order valence-electron chi connectivity index (χ3n) is 3.27. The monoisotopic (exact) mass is 275 g/mol. The quantitative estimate of drug-likeness (QED) is 0.810. The van der Waals surface area contributed by atoms with Gasteiger partial charge in [0.05, 0.1) is 16.4 Å². The molecule has 0 radical (unpaired) electrons. The van der Waals surface area contributed by atoms with Crippen LogP contribution in [0.15, 0.2) is 0 Å². The van der Waals surface area contributed by atoms with Gasteiger partial charge >= 0.3 is 0 Å². The average Bonchev–Trinajstić information content (AvgIpc) is 3.10. The number of hydrogen-bond donors (Lipinski definition) is 1. The van der Waals surface area contributed by atoms with Crippen LogP contribution in [0.2, 0.25) is 5.02 Å². The summed E-state index contributed by atoms with van der Waals surface area (Å²) in [7, 11) is 1.93. The minimum atomic E-state index is 0.257. The summed E-state index contributed by atoms with van der Waals surface area (Å²) in [5, 5.41) is 8.80. The van der Waals surface area contributed by atoms with E-state index in [1.807, 2.05) is 11.7 Å². The van der Waals surface area contributed by atoms with Gasteiger partial charge in [-0.25, -0.2) is 0 Å². The molecule has 17 heavy (non-hydrogen) atoms. The summed E-state index contributed by atoms with van der Waals surface area (Å²) < 4.78 is 1.86. The van der Waals surface area contributed by atoms with Crippen molar-refractivity contribution in [1.82, 2.24) is 15.1 Å². The Labute approximate surface area is 112 Å². The molecule has 1 atom stereocenters. The molecule has 0 amide bonds. The molecule has 1 aliphatic rings. The Morgan fingerprint density at radius 1 is 1.53 bits per heavy atom. The molecule has 96 valence electrons. The molecule has 1 aromatic rings. The Morgan fingerprint density at radius 3 is 2.76 bits per heavy atom. The Kier molecular flexibility index (Phi) is 4.34. The van der Waals surface area contributed by atoms with Gasteiger partial charge in [0.15, 0.2) is 0 Å². The van der Waals surface area contributed by atoms with E-state index in [0.29, 0.717) is 0 Å². The van der Waals surface area contributed by atoms with E-state index in [9.17, 15) is 0 Å². The highest BCUT2D eigenvalue weighted by Crippen LogP contribution is 2.35. The molecule has 1 aliphatic carbocycles. The zero-order valence-electron chi connectivity index (χ0n) is 10.3. The van der Waals surface area contributed by atoms with Gasteiger partial charge in [0, 0.05) is 25.5 Å². The smallest absolute Gasteiger partial charge is 0.0863 e. The summed E-state index contributed by atoms with van der Waals surface area (Å²) >= 11 is 12.5. The summed E-state index contributed by atoms with van der Waals surface area (Å²) in [6.07, 6.45) is 3.43. The van der Waals surface area contributed by atoms with E-state index < -0.39 is 0 Å². The molecule has 0 saturated heterocycles. The number of aromatic nitrogens is 2. The first kappa shape index (κ1) is 13.2. The number of hydrogen-bond acceptors (Lipinski definition) is 2. The van der Waals surface area contributed by atoms with Gasteiger partial charge in [-0.05, 0) is 25.2 Å². The summed E-state index contributed by atoms with van der Waals surface area (Å²) in [4.78, 5) is 0. The zero-order valence-corrected chi connectivity index (χ0v) is 11.9. The molecule has 3 nitrogen and oxygen atoms in total. The summed E-state index contributed by atoms with van der Waals surface area (Å²) in [5.41, 5.74) is 2.01. The Morgan fingerprint density at radius 2 is 2.24 bits per heavy atom. The maximum absolute atomic E-state index is 6.26. The van der Waals surface area contributed by atoms with Crippen LogP contribution >= 0.6 is 23.2 Å². The maximum atomic E-state index is 6.26. The van der Waals surface area contributed by atoms with Crippen molar-refractivity contribution in [3.05, 3.63) is 16.4 Å². The van der Waals surface area contributed by atoms with Crippen LogP contribution in [0.1, 0.15) is 31.2 Å². The van der Waals surface area contributed by atoms with Gasteiger partial charge < -0.3 is 5.32 Å². The van der Waals surface area contributed by atoms with Crippen LogP contribution < -0.4 is 5.32 Å². The van der Waals surface area contributed by atoms with Gasteiger partial charge in [0.2, 0.25) is 0 Å². The molecule has 2 rings (SSSR count). The van der Waals surface area contributed by atoms with Gasteiger partial charge in [-0.15, -0.1) is 11.6 Å². The number of rotatable bonds is 6. The second-order valence-electron chi connectivity index (χ2n) is 4.67. The first-order valence-electron chi connectivity index (χ1n) is 6.18. The summed E-state index contributed by atoms with van der Waals surface area (Å²) in [6.45, 7) is 3.64. The fourth-order valence-electron chi connectivity index (χ4n) is 1.96. The lowest BCUT2D eigenvalue weighted by Crippen LogP contribution is -2.25. The van der Waals surface area contributed by atoms with Crippen molar-refractivity contribution >= 4 is 23.2 Å². The van der Waals surface area contributed by atoms with Crippen LogP contribution in [0.5, 0.6) is 0 Å². The second-order valence-corrected chi connectivity index (χ2v) is 5.61. The third kappa shape index (κ3) is 3.15. The lowest BCUT2D eigenvalue weighted by molar-refractivity contribution is 0.589. The maximum Gasteiger partial charge on any atom is 0.0863 e. The number of alkyl halides is 1. The SMILES string of the molecule is CCc1nn(C)c(CNCC(Cl)C2CC2)c1Cl. The predicted molar refractivity (Wildman–Crippen MR) is 71.7 cm³/mol. The van der Waals surface area contributed by atoms with Crippen LogP contribution in [-0.4, -0.2) is 21.7 Å². The Balaban J connectivity index is 1.87.